The van der Waals surface area contributed by atoms with Crippen LogP contribution in [0.4, 0.5) is 0 Å². The lowest BCUT2D eigenvalue weighted by atomic mass is 10.4. The minimum absolute atomic E-state index is 0.417. The number of aromatic nitrogens is 4. The third-order valence-electron chi connectivity index (χ3n) is 1.52. The molecule has 0 aliphatic rings. The number of halogens is 2. The van der Waals surface area contributed by atoms with Crippen LogP contribution in [0.3, 0.4) is 0 Å². The average molecular weight is 247 g/mol. The third-order valence-corrected chi connectivity index (χ3v) is 2.31. The van der Waals surface area contributed by atoms with Gasteiger partial charge in [-0.25, -0.2) is 14.5 Å². The lowest BCUT2D eigenvalue weighted by molar-refractivity contribution is 0.869. The molecule has 0 saturated heterocycles. The highest BCUT2D eigenvalue weighted by molar-refractivity contribution is 9.10. The largest absolute Gasteiger partial charge is 0.225 e. The maximum absolute atomic E-state index is 5.84. The second-order valence-electron chi connectivity index (χ2n) is 2.28. The van der Waals surface area contributed by atoms with Crippen LogP contribution in [0.1, 0.15) is 5.69 Å². The quantitative estimate of drug-likeness (QED) is 0.713. The van der Waals surface area contributed by atoms with Crippen molar-refractivity contribution in [2.24, 2.45) is 0 Å². The summed E-state index contributed by atoms with van der Waals surface area (Å²) in [5, 5.41) is 4.39. The SMILES string of the molecule is Cc1nc(Br)n2ncnc(Cl)c12. The highest BCUT2D eigenvalue weighted by atomic mass is 79.9. The predicted molar refractivity (Wildman–Crippen MR) is 48.2 cm³/mol. The summed E-state index contributed by atoms with van der Waals surface area (Å²) in [7, 11) is 0. The van der Waals surface area contributed by atoms with Gasteiger partial charge in [0.15, 0.2) is 9.89 Å². The Labute approximate surface area is 81.7 Å². The van der Waals surface area contributed by atoms with Gasteiger partial charge >= 0.3 is 0 Å². The summed E-state index contributed by atoms with van der Waals surface area (Å²) in [6.45, 7) is 1.86. The molecule has 0 bridgehead atoms. The molecule has 12 heavy (non-hydrogen) atoms. The molecule has 0 atom stereocenters. The van der Waals surface area contributed by atoms with Crippen molar-refractivity contribution in [2.45, 2.75) is 6.92 Å². The molecule has 62 valence electrons. The molecular formula is C6H4BrClN4. The lowest BCUT2D eigenvalue weighted by Crippen LogP contribution is -1.93. The van der Waals surface area contributed by atoms with Crippen LogP contribution in [0, 0.1) is 6.92 Å². The summed E-state index contributed by atoms with van der Waals surface area (Å²) in [5.41, 5.74) is 1.55. The molecule has 4 nitrogen and oxygen atoms in total. The first-order valence-electron chi connectivity index (χ1n) is 3.21. The standard InChI is InChI=1S/C6H4BrClN4/c1-3-4-5(8)9-2-10-12(4)6(7)11-3/h2H,1H3. The summed E-state index contributed by atoms with van der Waals surface area (Å²) < 4.78 is 2.24. The maximum atomic E-state index is 5.84. The normalized spacial score (nSPS) is 10.9. The Kier molecular flexibility index (Phi) is 1.77. The van der Waals surface area contributed by atoms with Crippen molar-refractivity contribution in [1.29, 1.82) is 0 Å². The van der Waals surface area contributed by atoms with Crippen LogP contribution in [0.5, 0.6) is 0 Å². The Balaban J connectivity index is 2.99. The van der Waals surface area contributed by atoms with E-state index in [1.807, 2.05) is 6.92 Å². The molecule has 0 fully saturated rings. The first-order chi connectivity index (χ1) is 5.70. The summed E-state index contributed by atoms with van der Waals surface area (Å²) >= 11 is 9.10. The summed E-state index contributed by atoms with van der Waals surface area (Å²) in [6.07, 6.45) is 1.39. The zero-order chi connectivity index (χ0) is 8.72. The number of aryl methyl sites for hydroxylation is 1. The zero-order valence-electron chi connectivity index (χ0n) is 6.12. The van der Waals surface area contributed by atoms with Crippen LogP contribution in [-0.4, -0.2) is 19.6 Å². The van der Waals surface area contributed by atoms with E-state index in [4.69, 9.17) is 11.6 Å². The predicted octanol–water partition coefficient (Wildman–Crippen LogP) is 1.85. The van der Waals surface area contributed by atoms with Gasteiger partial charge in [-0.3, -0.25) is 0 Å². The second kappa shape index (κ2) is 2.67. The van der Waals surface area contributed by atoms with Crippen LogP contribution in [-0.2, 0) is 0 Å². The fraction of sp³-hybridized carbons (Fsp3) is 0.167. The molecule has 0 spiro atoms. The van der Waals surface area contributed by atoms with Gasteiger partial charge in [0.25, 0.3) is 0 Å². The van der Waals surface area contributed by atoms with Crippen LogP contribution in [0.2, 0.25) is 5.15 Å². The monoisotopic (exact) mass is 246 g/mol. The van der Waals surface area contributed by atoms with E-state index >= 15 is 0 Å². The number of hydrogen-bond donors (Lipinski definition) is 0. The van der Waals surface area contributed by atoms with Gasteiger partial charge < -0.3 is 0 Å². The Bertz CT molecular complexity index is 438. The fourth-order valence-electron chi connectivity index (χ4n) is 1.02. The smallest absolute Gasteiger partial charge is 0.198 e. The molecule has 0 saturated carbocycles. The summed E-state index contributed by atoms with van der Waals surface area (Å²) in [6, 6.07) is 0. The Hall–Kier alpha value is -0.680. The van der Waals surface area contributed by atoms with Gasteiger partial charge in [0.05, 0.1) is 5.69 Å². The van der Waals surface area contributed by atoms with Crippen LogP contribution >= 0.6 is 27.5 Å². The number of hydrogen-bond acceptors (Lipinski definition) is 3. The molecule has 2 rings (SSSR count). The van der Waals surface area contributed by atoms with Crippen molar-refractivity contribution in [3.63, 3.8) is 0 Å². The third kappa shape index (κ3) is 1.01. The van der Waals surface area contributed by atoms with E-state index in [-0.39, 0.29) is 0 Å². The van der Waals surface area contributed by atoms with Crippen molar-refractivity contribution < 1.29 is 0 Å². The van der Waals surface area contributed by atoms with Gasteiger partial charge in [-0.15, -0.1) is 0 Å². The minimum Gasteiger partial charge on any atom is -0.225 e. The fourth-order valence-corrected chi connectivity index (χ4v) is 1.81. The molecule has 0 aromatic carbocycles. The Morgan fingerprint density at radius 2 is 2.33 bits per heavy atom. The van der Waals surface area contributed by atoms with E-state index < -0.39 is 0 Å². The molecule has 2 aromatic rings. The van der Waals surface area contributed by atoms with Crippen LogP contribution < -0.4 is 0 Å². The first-order valence-corrected chi connectivity index (χ1v) is 4.38. The van der Waals surface area contributed by atoms with Gasteiger partial charge in [-0.2, -0.15) is 5.10 Å². The highest BCUT2D eigenvalue weighted by Gasteiger charge is 2.09. The molecule has 0 aliphatic heterocycles. The Morgan fingerprint density at radius 3 is 3.00 bits per heavy atom. The van der Waals surface area contributed by atoms with E-state index in [1.54, 1.807) is 4.52 Å². The molecule has 0 radical (unpaired) electrons. The van der Waals surface area contributed by atoms with E-state index in [0.717, 1.165) is 11.2 Å². The van der Waals surface area contributed by atoms with E-state index in [9.17, 15) is 0 Å². The van der Waals surface area contributed by atoms with Crippen molar-refractivity contribution in [2.75, 3.05) is 0 Å². The molecule has 0 aliphatic carbocycles. The topological polar surface area (TPSA) is 43.1 Å². The number of rotatable bonds is 0. The van der Waals surface area contributed by atoms with E-state index in [0.29, 0.717) is 9.89 Å². The van der Waals surface area contributed by atoms with Crippen LogP contribution in [0.25, 0.3) is 5.52 Å². The molecule has 0 unspecified atom stereocenters. The zero-order valence-corrected chi connectivity index (χ0v) is 8.46. The first kappa shape index (κ1) is 7.94. The number of imidazole rings is 1. The molecule has 2 aromatic heterocycles. The van der Waals surface area contributed by atoms with Crippen LogP contribution in [0.15, 0.2) is 11.1 Å². The number of fused-ring (bicyclic) bond motifs is 1. The molecule has 6 heteroatoms. The van der Waals surface area contributed by atoms with Crippen molar-refractivity contribution in [3.8, 4) is 0 Å². The lowest BCUT2D eigenvalue weighted by Gasteiger charge is -1.93. The minimum atomic E-state index is 0.417. The second-order valence-corrected chi connectivity index (χ2v) is 3.34. The van der Waals surface area contributed by atoms with Gasteiger partial charge in [0, 0.05) is 0 Å². The molecular weight excluding hydrogens is 243 g/mol. The van der Waals surface area contributed by atoms with Gasteiger partial charge in [0.2, 0.25) is 0 Å². The summed E-state index contributed by atoms with van der Waals surface area (Å²) in [5.74, 6) is 0. The Morgan fingerprint density at radius 1 is 1.58 bits per heavy atom. The van der Waals surface area contributed by atoms with Crippen molar-refractivity contribution >= 4 is 33.0 Å². The van der Waals surface area contributed by atoms with E-state index in [1.165, 1.54) is 6.33 Å². The average Bonchev–Trinajstić information content (AvgIpc) is 2.29. The maximum Gasteiger partial charge on any atom is 0.198 e. The van der Waals surface area contributed by atoms with Crippen molar-refractivity contribution in [1.82, 2.24) is 19.6 Å². The van der Waals surface area contributed by atoms with Crippen molar-refractivity contribution in [3.05, 3.63) is 21.9 Å². The molecule has 0 N–H and O–H groups in total. The highest BCUT2D eigenvalue weighted by Crippen LogP contribution is 2.20. The molecule has 0 amide bonds. The van der Waals surface area contributed by atoms with Gasteiger partial charge in [-0.05, 0) is 22.9 Å². The van der Waals surface area contributed by atoms with Gasteiger partial charge in [-0.1, -0.05) is 11.6 Å². The molecule has 2 heterocycles. The number of nitrogens with zero attached hydrogens (tertiary/aromatic N) is 4. The summed E-state index contributed by atoms with van der Waals surface area (Å²) in [4.78, 5) is 8.00. The van der Waals surface area contributed by atoms with E-state index in [2.05, 4.69) is 31.0 Å². The van der Waals surface area contributed by atoms with Gasteiger partial charge in [0.1, 0.15) is 11.8 Å².